The van der Waals surface area contributed by atoms with E-state index in [9.17, 15) is 5.11 Å². The van der Waals surface area contributed by atoms with Crippen LogP contribution in [0.3, 0.4) is 0 Å². The fourth-order valence-corrected chi connectivity index (χ4v) is 2.33. The van der Waals surface area contributed by atoms with Crippen molar-refractivity contribution < 1.29 is 5.11 Å². The molecule has 1 atom stereocenters. The lowest BCUT2D eigenvalue weighted by Crippen LogP contribution is -2.37. The van der Waals surface area contributed by atoms with Gasteiger partial charge in [-0.3, -0.25) is 0 Å². The zero-order valence-corrected chi connectivity index (χ0v) is 12.2. The fraction of sp³-hybridized carbons (Fsp3) is 0.625. The maximum Gasteiger partial charge on any atom is 0.0499 e. The van der Waals surface area contributed by atoms with Gasteiger partial charge in [0.25, 0.3) is 0 Å². The van der Waals surface area contributed by atoms with Crippen LogP contribution in [0.1, 0.15) is 50.8 Å². The molecular weight excluding hydrogens is 222 g/mol. The molecule has 0 saturated heterocycles. The SMILES string of the molecule is CCC(CC)(CO)CN[C@@H](C)c1ccccc1C. The minimum absolute atomic E-state index is 0.0247. The molecule has 0 heterocycles. The minimum atomic E-state index is 0.0247. The summed E-state index contributed by atoms with van der Waals surface area (Å²) in [7, 11) is 0. The summed E-state index contributed by atoms with van der Waals surface area (Å²) in [5.74, 6) is 0. The van der Waals surface area contributed by atoms with Crippen molar-refractivity contribution in [2.45, 2.75) is 46.6 Å². The Morgan fingerprint density at radius 1 is 1.22 bits per heavy atom. The maximum absolute atomic E-state index is 9.57. The number of hydrogen-bond donors (Lipinski definition) is 2. The van der Waals surface area contributed by atoms with Crippen LogP contribution in [0.15, 0.2) is 24.3 Å². The Bertz CT molecular complexity index is 350. The van der Waals surface area contributed by atoms with Gasteiger partial charge in [-0.25, -0.2) is 0 Å². The van der Waals surface area contributed by atoms with Gasteiger partial charge in [0.05, 0.1) is 0 Å². The fourth-order valence-electron chi connectivity index (χ4n) is 2.33. The number of aryl methyl sites for hydroxylation is 1. The summed E-state index contributed by atoms with van der Waals surface area (Å²) in [6.45, 7) is 9.77. The van der Waals surface area contributed by atoms with E-state index in [1.807, 2.05) is 0 Å². The highest BCUT2D eigenvalue weighted by atomic mass is 16.3. The van der Waals surface area contributed by atoms with Gasteiger partial charge in [0, 0.05) is 24.6 Å². The molecule has 0 bridgehead atoms. The standard InChI is InChI=1S/C16H27NO/c1-5-16(6-2,12-18)11-17-14(4)15-10-8-7-9-13(15)3/h7-10,14,17-18H,5-6,11-12H2,1-4H3/t14-/m0/s1. The third kappa shape index (κ3) is 3.56. The summed E-state index contributed by atoms with van der Waals surface area (Å²) in [4.78, 5) is 0. The first-order valence-corrected chi connectivity index (χ1v) is 6.98. The van der Waals surface area contributed by atoms with Crippen molar-refractivity contribution in [1.29, 1.82) is 0 Å². The molecule has 2 heteroatoms. The number of benzene rings is 1. The van der Waals surface area contributed by atoms with Crippen LogP contribution in [0.4, 0.5) is 0 Å². The lowest BCUT2D eigenvalue weighted by atomic mass is 9.83. The van der Waals surface area contributed by atoms with Gasteiger partial charge in [-0.05, 0) is 37.8 Å². The molecule has 0 unspecified atom stereocenters. The van der Waals surface area contributed by atoms with Gasteiger partial charge in [0.2, 0.25) is 0 Å². The van der Waals surface area contributed by atoms with Gasteiger partial charge < -0.3 is 10.4 Å². The highest BCUT2D eigenvalue weighted by Gasteiger charge is 2.25. The Labute approximate surface area is 111 Å². The van der Waals surface area contributed by atoms with Crippen molar-refractivity contribution in [1.82, 2.24) is 5.32 Å². The van der Waals surface area contributed by atoms with E-state index in [0.717, 1.165) is 19.4 Å². The van der Waals surface area contributed by atoms with Crippen LogP contribution >= 0.6 is 0 Å². The van der Waals surface area contributed by atoms with E-state index in [1.54, 1.807) is 0 Å². The number of hydrogen-bond acceptors (Lipinski definition) is 2. The summed E-state index contributed by atoms with van der Waals surface area (Å²) in [6, 6.07) is 8.80. The molecular formula is C16H27NO. The molecule has 2 N–H and O–H groups in total. The molecule has 102 valence electrons. The first-order valence-electron chi connectivity index (χ1n) is 6.98. The van der Waals surface area contributed by atoms with Crippen LogP contribution in [0, 0.1) is 12.3 Å². The Morgan fingerprint density at radius 2 is 1.83 bits per heavy atom. The molecule has 0 spiro atoms. The van der Waals surface area contributed by atoms with Crippen molar-refractivity contribution >= 4 is 0 Å². The monoisotopic (exact) mass is 249 g/mol. The topological polar surface area (TPSA) is 32.3 Å². The van der Waals surface area contributed by atoms with Gasteiger partial charge in [-0.1, -0.05) is 38.1 Å². The van der Waals surface area contributed by atoms with Crippen molar-refractivity contribution in [2.24, 2.45) is 5.41 Å². The van der Waals surface area contributed by atoms with Crippen LogP contribution in [0.5, 0.6) is 0 Å². The average molecular weight is 249 g/mol. The predicted molar refractivity (Wildman–Crippen MR) is 77.7 cm³/mol. The van der Waals surface area contributed by atoms with Crippen LogP contribution in [0.2, 0.25) is 0 Å². The zero-order chi connectivity index (χ0) is 13.6. The van der Waals surface area contributed by atoms with Crippen molar-refractivity contribution in [3.05, 3.63) is 35.4 Å². The second-order valence-electron chi connectivity index (χ2n) is 5.32. The normalized spacial score (nSPS) is 13.6. The highest BCUT2D eigenvalue weighted by Crippen LogP contribution is 2.26. The highest BCUT2D eigenvalue weighted by molar-refractivity contribution is 5.28. The third-order valence-corrected chi connectivity index (χ3v) is 4.27. The summed E-state index contributed by atoms with van der Waals surface area (Å²) >= 11 is 0. The maximum atomic E-state index is 9.57. The van der Waals surface area contributed by atoms with E-state index < -0.39 is 0 Å². The van der Waals surface area contributed by atoms with Gasteiger partial charge in [0.15, 0.2) is 0 Å². The first-order chi connectivity index (χ1) is 8.58. The van der Waals surface area contributed by atoms with E-state index in [1.165, 1.54) is 11.1 Å². The van der Waals surface area contributed by atoms with Crippen molar-refractivity contribution in [3.8, 4) is 0 Å². The lowest BCUT2D eigenvalue weighted by Gasteiger charge is -2.31. The largest absolute Gasteiger partial charge is 0.396 e. The quantitative estimate of drug-likeness (QED) is 0.776. The summed E-state index contributed by atoms with van der Waals surface area (Å²) in [6.07, 6.45) is 2.01. The van der Waals surface area contributed by atoms with Gasteiger partial charge in [-0.15, -0.1) is 0 Å². The molecule has 1 rings (SSSR count). The Balaban J connectivity index is 2.66. The smallest absolute Gasteiger partial charge is 0.0499 e. The number of nitrogens with one attached hydrogen (secondary N) is 1. The molecule has 2 nitrogen and oxygen atoms in total. The molecule has 0 aliphatic carbocycles. The van der Waals surface area contributed by atoms with Gasteiger partial charge in [-0.2, -0.15) is 0 Å². The molecule has 0 amide bonds. The molecule has 0 aliphatic rings. The van der Waals surface area contributed by atoms with E-state index in [0.29, 0.717) is 6.04 Å². The van der Waals surface area contributed by atoms with E-state index >= 15 is 0 Å². The van der Waals surface area contributed by atoms with E-state index in [-0.39, 0.29) is 12.0 Å². The molecule has 0 fully saturated rings. The molecule has 18 heavy (non-hydrogen) atoms. The summed E-state index contributed by atoms with van der Waals surface area (Å²) in [5, 5.41) is 13.1. The number of aliphatic hydroxyl groups excluding tert-OH is 1. The molecule has 0 saturated carbocycles. The van der Waals surface area contributed by atoms with E-state index in [2.05, 4.69) is 57.3 Å². The van der Waals surface area contributed by atoms with Crippen LogP contribution in [0.25, 0.3) is 0 Å². The second kappa shape index (κ2) is 6.91. The molecule has 0 radical (unpaired) electrons. The Kier molecular flexibility index (Phi) is 5.83. The summed E-state index contributed by atoms with van der Waals surface area (Å²) < 4.78 is 0. The molecule has 0 aliphatic heterocycles. The van der Waals surface area contributed by atoms with Gasteiger partial charge >= 0.3 is 0 Å². The Hall–Kier alpha value is -0.860. The zero-order valence-electron chi connectivity index (χ0n) is 12.2. The molecule has 1 aromatic carbocycles. The minimum Gasteiger partial charge on any atom is -0.396 e. The Morgan fingerprint density at radius 3 is 2.33 bits per heavy atom. The molecule has 0 aromatic heterocycles. The summed E-state index contributed by atoms with van der Waals surface area (Å²) in [5.41, 5.74) is 2.69. The van der Waals surface area contributed by atoms with Crippen LogP contribution in [-0.4, -0.2) is 18.3 Å². The van der Waals surface area contributed by atoms with E-state index in [4.69, 9.17) is 0 Å². The first kappa shape index (κ1) is 15.2. The third-order valence-electron chi connectivity index (χ3n) is 4.27. The second-order valence-corrected chi connectivity index (χ2v) is 5.32. The van der Waals surface area contributed by atoms with Gasteiger partial charge in [0.1, 0.15) is 0 Å². The van der Waals surface area contributed by atoms with Crippen LogP contribution < -0.4 is 5.32 Å². The molecule has 1 aromatic rings. The number of rotatable bonds is 7. The lowest BCUT2D eigenvalue weighted by molar-refractivity contribution is 0.110. The van der Waals surface area contributed by atoms with Crippen molar-refractivity contribution in [3.63, 3.8) is 0 Å². The average Bonchev–Trinajstić information content (AvgIpc) is 2.41. The number of aliphatic hydroxyl groups is 1. The van der Waals surface area contributed by atoms with Crippen molar-refractivity contribution in [2.75, 3.05) is 13.2 Å². The predicted octanol–water partition coefficient (Wildman–Crippen LogP) is 3.44. The van der Waals surface area contributed by atoms with Crippen LogP contribution in [-0.2, 0) is 0 Å².